The SMILES string of the molecule is Cc1c(Cc2ccc3c(c2)OCO3)sc(NC(=O)/C=C\c2ccccc2)c1C(N)=O. The first-order chi connectivity index (χ1) is 14.5. The van der Waals surface area contributed by atoms with Crippen LogP contribution < -0.4 is 20.5 Å². The Balaban J connectivity index is 1.55. The van der Waals surface area contributed by atoms with Gasteiger partial charge in [0, 0.05) is 17.4 Å². The molecule has 3 aromatic rings. The predicted molar refractivity (Wildman–Crippen MR) is 117 cm³/mol. The third-order valence-electron chi connectivity index (χ3n) is 4.76. The van der Waals surface area contributed by atoms with E-state index in [1.807, 2.05) is 55.5 Å². The molecule has 1 aromatic heterocycles. The second-order valence-corrected chi connectivity index (χ2v) is 7.92. The lowest BCUT2D eigenvalue weighted by molar-refractivity contribution is -0.111. The van der Waals surface area contributed by atoms with Crippen LogP contribution in [0.5, 0.6) is 11.5 Å². The van der Waals surface area contributed by atoms with E-state index < -0.39 is 5.91 Å². The molecular weight excluding hydrogens is 400 g/mol. The molecular formula is C23H20N2O4S. The van der Waals surface area contributed by atoms with Crippen molar-refractivity contribution in [3.8, 4) is 11.5 Å². The van der Waals surface area contributed by atoms with Crippen molar-refractivity contribution in [3.05, 3.63) is 81.7 Å². The zero-order valence-corrected chi connectivity index (χ0v) is 17.1. The molecule has 0 fully saturated rings. The van der Waals surface area contributed by atoms with Crippen LogP contribution in [0, 0.1) is 6.92 Å². The monoisotopic (exact) mass is 420 g/mol. The van der Waals surface area contributed by atoms with Gasteiger partial charge < -0.3 is 20.5 Å². The maximum atomic E-state index is 12.4. The maximum absolute atomic E-state index is 12.4. The first kappa shape index (κ1) is 19.7. The van der Waals surface area contributed by atoms with E-state index in [0.717, 1.165) is 27.3 Å². The number of rotatable bonds is 6. The molecule has 4 rings (SSSR count). The lowest BCUT2D eigenvalue weighted by Crippen LogP contribution is -2.16. The molecule has 1 aliphatic rings. The number of hydrogen-bond donors (Lipinski definition) is 2. The lowest BCUT2D eigenvalue weighted by Gasteiger charge is -2.03. The predicted octanol–water partition coefficient (Wildman–Crippen LogP) is 4.13. The molecule has 0 spiro atoms. The molecule has 1 aliphatic heterocycles. The Morgan fingerprint density at radius 2 is 1.90 bits per heavy atom. The largest absolute Gasteiger partial charge is 0.454 e. The van der Waals surface area contributed by atoms with E-state index in [1.54, 1.807) is 6.08 Å². The molecule has 152 valence electrons. The first-order valence-corrected chi connectivity index (χ1v) is 10.2. The van der Waals surface area contributed by atoms with Crippen LogP contribution in [-0.4, -0.2) is 18.6 Å². The smallest absolute Gasteiger partial charge is 0.251 e. The Bertz CT molecular complexity index is 1140. The summed E-state index contributed by atoms with van der Waals surface area (Å²) in [6, 6.07) is 15.2. The van der Waals surface area contributed by atoms with E-state index in [4.69, 9.17) is 15.2 Å². The minimum atomic E-state index is -0.567. The third kappa shape index (κ3) is 4.21. The van der Waals surface area contributed by atoms with Gasteiger partial charge in [-0.15, -0.1) is 11.3 Å². The molecule has 0 aliphatic carbocycles. The molecule has 2 aromatic carbocycles. The third-order valence-corrected chi connectivity index (χ3v) is 5.96. The topological polar surface area (TPSA) is 90.7 Å². The van der Waals surface area contributed by atoms with Gasteiger partial charge in [-0.1, -0.05) is 36.4 Å². The minimum absolute atomic E-state index is 0.218. The van der Waals surface area contributed by atoms with Gasteiger partial charge in [-0.25, -0.2) is 0 Å². The van der Waals surface area contributed by atoms with E-state index >= 15 is 0 Å². The second-order valence-electron chi connectivity index (χ2n) is 6.82. The summed E-state index contributed by atoms with van der Waals surface area (Å²) in [5.74, 6) is 0.536. The van der Waals surface area contributed by atoms with Crippen LogP contribution in [0.4, 0.5) is 5.00 Å². The Morgan fingerprint density at radius 3 is 2.67 bits per heavy atom. The van der Waals surface area contributed by atoms with Crippen LogP contribution in [0.1, 0.15) is 31.9 Å². The molecule has 0 atom stereocenters. The van der Waals surface area contributed by atoms with Crippen LogP contribution in [0.3, 0.4) is 0 Å². The fourth-order valence-electron chi connectivity index (χ4n) is 3.24. The first-order valence-electron chi connectivity index (χ1n) is 9.36. The zero-order valence-electron chi connectivity index (χ0n) is 16.3. The molecule has 0 saturated heterocycles. The van der Waals surface area contributed by atoms with Crippen molar-refractivity contribution in [2.75, 3.05) is 12.1 Å². The van der Waals surface area contributed by atoms with Gasteiger partial charge in [-0.3, -0.25) is 9.59 Å². The van der Waals surface area contributed by atoms with Crippen molar-refractivity contribution in [3.63, 3.8) is 0 Å². The number of primary amides is 1. The number of thiophene rings is 1. The van der Waals surface area contributed by atoms with Gasteiger partial charge >= 0.3 is 0 Å². The number of anilines is 1. The van der Waals surface area contributed by atoms with E-state index in [-0.39, 0.29) is 12.7 Å². The van der Waals surface area contributed by atoms with Gasteiger partial charge in [0.1, 0.15) is 5.00 Å². The summed E-state index contributed by atoms with van der Waals surface area (Å²) < 4.78 is 10.8. The molecule has 0 saturated carbocycles. The van der Waals surface area contributed by atoms with Gasteiger partial charge in [0.05, 0.1) is 5.56 Å². The highest BCUT2D eigenvalue weighted by Crippen LogP contribution is 2.37. The van der Waals surface area contributed by atoms with Crippen molar-refractivity contribution >= 4 is 34.2 Å². The number of fused-ring (bicyclic) bond motifs is 1. The van der Waals surface area contributed by atoms with Crippen LogP contribution >= 0.6 is 11.3 Å². The highest BCUT2D eigenvalue weighted by Gasteiger charge is 2.21. The van der Waals surface area contributed by atoms with Gasteiger partial charge in [0.15, 0.2) is 11.5 Å². The molecule has 30 heavy (non-hydrogen) atoms. The number of hydrogen-bond acceptors (Lipinski definition) is 5. The molecule has 0 radical (unpaired) electrons. The number of nitrogens with one attached hydrogen (secondary N) is 1. The Labute approximate surface area is 177 Å². The summed E-state index contributed by atoms with van der Waals surface area (Å²) >= 11 is 1.35. The Hall–Kier alpha value is -3.58. The normalized spacial score (nSPS) is 12.3. The molecule has 0 bridgehead atoms. The minimum Gasteiger partial charge on any atom is -0.454 e. The fraction of sp³-hybridized carbons (Fsp3) is 0.130. The summed E-state index contributed by atoms with van der Waals surface area (Å²) in [5, 5.41) is 3.25. The summed E-state index contributed by atoms with van der Waals surface area (Å²) in [6.45, 7) is 2.06. The van der Waals surface area contributed by atoms with E-state index in [1.165, 1.54) is 17.4 Å². The maximum Gasteiger partial charge on any atom is 0.251 e. The quantitative estimate of drug-likeness (QED) is 0.587. The molecule has 3 N–H and O–H groups in total. The molecule has 6 nitrogen and oxygen atoms in total. The van der Waals surface area contributed by atoms with E-state index in [0.29, 0.717) is 22.7 Å². The standard InChI is InChI=1S/C23H20N2O4S/c1-14-19(12-16-7-9-17-18(11-16)29-13-28-17)30-23(21(14)22(24)27)25-20(26)10-8-15-5-3-2-4-6-15/h2-11H,12-13H2,1H3,(H2,24,27)(H,25,26)/b10-8-. The van der Waals surface area contributed by atoms with Crippen LogP contribution in [0.15, 0.2) is 54.6 Å². The summed E-state index contributed by atoms with van der Waals surface area (Å²) in [4.78, 5) is 25.4. The van der Waals surface area contributed by atoms with Crippen molar-refractivity contribution < 1.29 is 19.1 Å². The number of carbonyl (C=O) groups is 2. The summed E-state index contributed by atoms with van der Waals surface area (Å²) in [7, 11) is 0. The summed E-state index contributed by atoms with van der Waals surface area (Å²) in [5.41, 5.74) is 8.64. The summed E-state index contributed by atoms with van der Waals surface area (Å²) in [6.07, 6.45) is 3.74. The van der Waals surface area contributed by atoms with Gasteiger partial charge in [-0.05, 0) is 41.8 Å². The highest BCUT2D eigenvalue weighted by molar-refractivity contribution is 7.17. The highest BCUT2D eigenvalue weighted by atomic mass is 32.1. The van der Waals surface area contributed by atoms with Crippen molar-refractivity contribution in [2.45, 2.75) is 13.3 Å². The van der Waals surface area contributed by atoms with Crippen LogP contribution in [-0.2, 0) is 11.2 Å². The van der Waals surface area contributed by atoms with Crippen LogP contribution in [0.25, 0.3) is 6.08 Å². The zero-order chi connectivity index (χ0) is 21.1. The van der Waals surface area contributed by atoms with Gasteiger partial charge in [0.25, 0.3) is 5.91 Å². The fourth-order valence-corrected chi connectivity index (χ4v) is 4.49. The lowest BCUT2D eigenvalue weighted by atomic mass is 10.1. The van der Waals surface area contributed by atoms with Crippen molar-refractivity contribution in [1.82, 2.24) is 0 Å². The van der Waals surface area contributed by atoms with Crippen molar-refractivity contribution in [2.24, 2.45) is 5.73 Å². The number of amides is 2. The van der Waals surface area contributed by atoms with Crippen molar-refractivity contribution in [1.29, 1.82) is 0 Å². The van der Waals surface area contributed by atoms with Gasteiger partial charge in [-0.2, -0.15) is 0 Å². The number of ether oxygens (including phenoxy) is 2. The second kappa shape index (κ2) is 8.42. The molecule has 7 heteroatoms. The molecule has 2 amide bonds. The average molecular weight is 420 g/mol. The van der Waals surface area contributed by atoms with Gasteiger partial charge in [0.2, 0.25) is 12.7 Å². The number of carbonyl (C=O) groups excluding carboxylic acids is 2. The molecule has 0 unspecified atom stereocenters. The Kier molecular flexibility index (Phi) is 5.54. The Morgan fingerprint density at radius 1 is 1.13 bits per heavy atom. The molecule has 2 heterocycles. The van der Waals surface area contributed by atoms with E-state index in [2.05, 4.69) is 5.32 Å². The van der Waals surface area contributed by atoms with Crippen LogP contribution in [0.2, 0.25) is 0 Å². The number of nitrogens with two attached hydrogens (primary N) is 1. The van der Waals surface area contributed by atoms with E-state index in [9.17, 15) is 9.59 Å². The average Bonchev–Trinajstić information content (AvgIpc) is 3.31. The number of benzene rings is 2.